The van der Waals surface area contributed by atoms with E-state index >= 15 is 0 Å². The largest absolute Gasteiger partial charge is 0.491 e. The Kier molecular flexibility index (Phi) is 6.85. The van der Waals surface area contributed by atoms with Crippen LogP contribution in [0.1, 0.15) is 44.6 Å². The molecule has 1 aromatic rings. The normalized spacial score (nSPS) is 15.8. The van der Waals surface area contributed by atoms with E-state index in [1.54, 1.807) is 0 Å². The molecule has 1 saturated carbocycles. The Morgan fingerprint density at radius 2 is 1.85 bits per heavy atom. The van der Waals surface area contributed by atoms with Crippen LogP contribution in [-0.2, 0) is 6.54 Å². The van der Waals surface area contributed by atoms with Gasteiger partial charge in [-0.2, -0.15) is 0 Å². The second-order valence-electron chi connectivity index (χ2n) is 5.53. The van der Waals surface area contributed by atoms with Crippen molar-refractivity contribution < 1.29 is 4.74 Å². The zero-order valence-electron chi connectivity index (χ0n) is 12.1. The molecule has 4 heteroatoms. The van der Waals surface area contributed by atoms with E-state index in [9.17, 15) is 0 Å². The van der Waals surface area contributed by atoms with Gasteiger partial charge in [0.1, 0.15) is 5.75 Å². The highest BCUT2D eigenvalue weighted by Crippen LogP contribution is 2.36. The average molecular weight is 405 g/mol. The molecule has 0 bridgehead atoms. The van der Waals surface area contributed by atoms with Crippen molar-refractivity contribution in [3.8, 4) is 5.75 Å². The monoisotopic (exact) mass is 403 g/mol. The fourth-order valence-electron chi connectivity index (χ4n) is 2.64. The lowest BCUT2D eigenvalue weighted by molar-refractivity contribution is 0.249. The summed E-state index contributed by atoms with van der Waals surface area (Å²) in [6.45, 7) is 4.96. The molecule has 20 heavy (non-hydrogen) atoms. The molecule has 1 aliphatic carbocycles. The van der Waals surface area contributed by atoms with Crippen molar-refractivity contribution in [2.75, 3.05) is 13.2 Å². The highest BCUT2D eigenvalue weighted by Gasteiger charge is 2.17. The zero-order valence-corrected chi connectivity index (χ0v) is 15.2. The van der Waals surface area contributed by atoms with Gasteiger partial charge in [-0.3, -0.25) is 0 Å². The van der Waals surface area contributed by atoms with Crippen LogP contribution in [0.2, 0.25) is 0 Å². The summed E-state index contributed by atoms with van der Waals surface area (Å²) < 4.78 is 8.10. The second-order valence-corrected chi connectivity index (χ2v) is 7.24. The molecule has 0 aliphatic heterocycles. The summed E-state index contributed by atoms with van der Waals surface area (Å²) in [7, 11) is 0. The second kappa shape index (κ2) is 8.40. The first-order valence-electron chi connectivity index (χ1n) is 7.52. The van der Waals surface area contributed by atoms with Crippen LogP contribution in [0, 0.1) is 5.92 Å². The van der Waals surface area contributed by atoms with Crippen LogP contribution < -0.4 is 10.1 Å². The van der Waals surface area contributed by atoms with Gasteiger partial charge in [-0.25, -0.2) is 0 Å². The van der Waals surface area contributed by atoms with Crippen LogP contribution in [0.4, 0.5) is 0 Å². The summed E-state index contributed by atoms with van der Waals surface area (Å²) in [5, 5.41) is 3.42. The Morgan fingerprint density at radius 3 is 2.45 bits per heavy atom. The van der Waals surface area contributed by atoms with Crippen molar-refractivity contribution in [1.29, 1.82) is 0 Å². The van der Waals surface area contributed by atoms with E-state index < -0.39 is 0 Å². The van der Waals surface area contributed by atoms with Gasteiger partial charge < -0.3 is 10.1 Å². The van der Waals surface area contributed by atoms with Crippen LogP contribution in [0.3, 0.4) is 0 Å². The van der Waals surface area contributed by atoms with E-state index in [2.05, 4.69) is 56.2 Å². The first kappa shape index (κ1) is 16.3. The maximum Gasteiger partial charge on any atom is 0.147 e. The summed E-state index contributed by atoms with van der Waals surface area (Å²) in [5.41, 5.74) is 1.27. The Bertz CT molecular complexity index is 407. The van der Waals surface area contributed by atoms with Crippen molar-refractivity contribution in [1.82, 2.24) is 5.32 Å². The Hall–Kier alpha value is -0.0600. The molecule has 0 unspecified atom stereocenters. The first-order chi connectivity index (χ1) is 9.70. The van der Waals surface area contributed by atoms with Crippen LogP contribution in [-0.4, -0.2) is 13.2 Å². The maximum atomic E-state index is 6.02. The fraction of sp³-hybridized carbons (Fsp3) is 0.625. The maximum absolute atomic E-state index is 6.02. The number of nitrogens with one attached hydrogen (secondary N) is 1. The van der Waals surface area contributed by atoms with E-state index in [1.807, 2.05) is 0 Å². The van der Waals surface area contributed by atoms with Crippen molar-refractivity contribution in [3.63, 3.8) is 0 Å². The van der Waals surface area contributed by atoms with Gasteiger partial charge in [0, 0.05) is 6.54 Å². The zero-order chi connectivity index (χ0) is 14.4. The van der Waals surface area contributed by atoms with Gasteiger partial charge in [-0.15, -0.1) is 0 Å². The highest BCUT2D eigenvalue weighted by molar-refractivity contribution is 9.11. The summed E-state index contributed by atoms with van der Waals surface area (Å²) in [6.07, 6.45) is 6.50. The van der Waals surface area contributed by atoms with E-state index in [-0.39, 0.29) is 0 Å². The summed E-state index contributed by atoms with van der Waals surface area (Å²) in [6, 6.07) is 4.30. The lowest BCUT2D eigenvalue weighted by Gasteiger charge is -2.15. The Labute approximate surface area is 138 Å². The molecular weight excluding hydrogens is 382 g/mol. The van der Waals surface area contributed by atoms with Crippen LogP contribution in [0.15, 0.2) is 21.1 Å². The van der Waals surface area contributed by atoms with Crippen molar-refractivity contribution >= 4 is 31.9 Å². The minimum absolute atomic E-state index is 0.736. The molecule has 0 atom stereocenters. The first-order valence-corrected chi connectivity index (χ1v) is 9.10. The highest BCUT2D eigenvalue weighted by atomic mass is 79.9. The molecule has 1 aromatic carbocycles. The Balaban J connectivity index is 1.94. The number of hydrogen-bond acceptors (Lipinski definition) is 2. The molecule has 0 spiro atoms. The van der Waals surface area contributed by atoms with E-state index in [0.29, 0.717) is 0 Å². The molecular formula is C16H23Br2NO. The number of halogens is 2. The fourth-order valence-corrected chi connectivity index (χ4v) is 4.15. The third kappa shape index (κ3) is 4.74. The number of ether oxygens (including phenoxy) is 1. The minimum Gasteiger partial charge on any atom is -0.491 e. The molecule has 2 rings (SSSR count). The van der Waals surface area contributed by atoms with Crippen molar-refractivity contribution in [3.05, 3.63) is 26.6 Å². The van der Waals surface area contributed by atoms with Gasteiger partial charge in [-0.1, -0.05) is 19.8 Å². The van der Waals surface area contributed by atoms with Gasteiger partial charge in [0.15, 0.2) is 0 Å². The minimum atomic E-state index is 0.736. The van der Waals surface area contributed by atoms with Gasteiger partial charge in [0.25, 0.3) is 0 Å². The lowest BCUT2D eigenvalue weighted by atomic mass is 10.1. The molecule has 1 fully saturated rings. The molecule has 0 heterocycles. The molecule has 0 saturated heterocycles. The quantitative estimate of drug-likeness (QED) is 0.624. The number of hydrogen-bond donors (Lipinski definition) is 1. The van der Waals surface area contributed by atoms with Gasteiger partial charge >= 0.3 is 0 Å². The molecule has 1 N–H and O–H groups in total. The molecule has 0 amide bonds. The molecule has 0 aromatic heterocycles. The number of rotatable bonds is 7. The molecule has 2 nitrogen and oxygen atoms in total. The van der Waals surface area contributed by atoms with Crippen molar-refractivity contribution in [2.24, 2.45) is 5.92 Å². The van der Waals surface area contributed by atoms with Gasteiger partial charge in [-0.05, 0) is 81.3 Å². The summed E-state index contributed by atoms with van der Waals surface area (Å²) in [4.78, 5) is 0. The predicted molar refractivity (Wildman–Crippen MR) is 91.3 cm³/mol. The van der Waals surface area contributed by atoms with E-state index in [1.165, 1.54) is 31.2 Å². The SMILES string of the molecule is CCCNCc1cc(Br)c(OCC2CCCC2)c(Br)c1. The smallest absolute Gasteiger partial charge is 0.147 e. The average Bonchev–Trinajstić information content (AvgIpc) is 2.91. The van der Waals surface area contributed by atoms with Crippen LogP contribution in [0.5, 0.6) is 5.75 Å². The standard InChI is InChI=1S/C16H23Br2NO/c1-2-7-19-10-13-8-14(17)16(15(18)9-13)20-11-12-5-3-4-6-12/h8-9,12,19H,2-7,10-11H2,1H3. The summed E-state index contributed by atoms with van der Waals surface area (Å²) >= 11 is 7.27. The van der Waals surface area contributed by atoms with Gasteiger partial charge in [0.05, 0.1) is 15.6 Å². The van der Waals surface area contributed by atoms with Crippen molar-refractivity contribution in [2.45, 2.75) is 45.6 Å². The third-order valence-electron chi connectivity index (χ3n) is 3.75. The topological polar surface area (TPSA) is 21.3 Å². The third-order valence-corrected chi connectivity index (χ3v) is 4.93. The molecule has 112 valence electrons. The van der Waals surface area contributed by atoms with E-state index in [4.69, 9.17) is 4.74 Å². The molecule has 1 aliphatic rings. The Morgan fingerprint density at radius 1 is 1.20 bits per heavy atom. The number of benzene rings is 1. The van der Waals surface area contributed by atoms with Crippen LogP contribution >= 0.6 is 31.9 Å². The van der Waals surface area contributed by atoms with Crippen LogP contribution in [0.25, 0.3) is 0 Å². The summed E-state index contributed by atoms with van der Waals surface area (Å²) in [5.74, 6) is 1.68. The molecule has 0 radical (unpaired) electrons. The lowest BCUT2D eigenvalue weighted by Crippen LogP contribution is -2.14. The predicted octanol–water partition coefficient (Wildman–Crippen LogP) is 5.28. The van der Waals surface area contributed by atoms with E-state index in [0.717, 1.165) is 46.7 Å². The van der Waals surface area contributed by atoms with Gasteiger partial charge in [0.2, 0.25) is 0 Å².